The standard InChI is InChI=1S/C13H23P/c1-4-5-9-12-14(2,3)13-10-7-6-8-11-13/h6-8,10-11,14H,4-5,9,12H2,1-3H3. The van der Waals surface area contributed by atoms with Crippen molar-refractivity contribution in [2.24, 2.45) is 0 Å². The van der Waals surface area contributed by atoms with Crippen molar-refractivity contribution in [3.05, 3.63) is 30.3 Å². The number of benzene rings is 1. The summed E-state index contributed by atoms with van der Waals surface area (Å²) in [6.45, 7) is 7.24. The predicted octanol–water partition coefficient (Wildman–Crippen LogP) is 3.51. The van der Waals surface area contributed by atoms with Crippen LogP contribution in [0.5, 0.6) is 0 Å². The van der Waals surface area contributed by atoms with Gasteiger partial charge in [0, 0.05) is 0 Å². The summed E-state index contributed by atoms with van der Waals surface area (Å²) in [7, 11) is -1.12. The van der Waals surface area contributed by atoms with Crippen molar-refractivity contribution >= 4 is 12.6 Å². The van der Waals surface area contributed by atoms with Crippen molar-refractivity contribution in [1.82, 2.24) is 0 Å². The first-order chi connectivity index (χ1) is 6.67. The maximum absolute atomic E-state index is 2.48. The van der Waals surface area contributed by atoms with Crippen molar-refractivity contribution < 1.29 is 0 Å². The molecule has 0 nitrogen and oxygen atoms in total. The number of hydrogen-bond donors (Lipinski definition) is 0. The summed E-state index contributed by atoms with van der Waals surface area (Å²) in [5.74, 6) is 0. The van der Waals surface area contributed by atoms with Gasteiger partial charge in [-0.15, -0.1) is 0 Å². The van der Waals surface area contributed by atoms with E-state index in [4.69, 9.17) is 0 Å². The number of hydrogen-bond acceptors (Lipinski definition) is 0. The molecular formula is C13H23P. The van der Waals surface area contributed by atoms with Gasteiger partial charge in [0.25, 0.3) is 0 Å². The molecule has 0 fully saturated rings. The molecule has 0 atom stereocenters. The summed E-state index contributed by atoms with van der Waals surface area (Å²) in [5.41, 5.74) is 0. The number of rotatable bonds is 5. The second-order valence-corrected chi connectivity index (χ2v) is 9.55. The molecule has 80 valence electrons. The Kier molecular flexibility index (Phi) is 4.62. The van der Waals surface area contributed by atoms with Crippen LogP contribution in [0.4, 0.5) is 0 Å². The average molecular weight is 210 g/mol. The third kappa shape index (κ3) is 3.42. The molecule has 0 spiro atoms. The summed E-state index contributed by atoms with van der Waals surface area (Å²) in [5, 5.41) is 1.61. The van der Waals surface area contributed by atoms with Crippen molar-refractivity contribution in [2.45, 2.75) is 26.2 Å². The molecule has 0 unspecified atom stereocenters. The monoisotopic (exact) mass is 210 g/mol. The molecule has 0 N–H and O–H groups in total. The SMILES string of the molecule is CCCCC[PH](C)(C)c1ccccc1. The quantitative estimate of drug-likeness (QED) is 0.515. The Labute approximate surface area is 89.1 Å². The molecule has 0 saturated carbocycles. The third-order valence-electron chi connectivity index (χ3n) is 2.96. The van der Waals surface area contributed by atoms with E-state index < -0.39 is 7.26 Å². The van der Waals surface area contributed by atoms with Gasteiger partial charge in [0.2, 0.25) is 0 Å². The summed E-state index contributed by atoms with van der Waals surface area (Å²) in [6, 6.07) is 11.1. The Bertz CT molecular complexity index is 251. The first kappa shape index (κ1) is 11.7. The van der Waals surface area contributed by atoms with Gasteiger partial charge in [-0.2, -0.15) is 0 Å². The second-order valence-electron chi connectivity index (χ2n) is 4.71. The molecule has 0 bridgehead atoms. The molecule has 1 heteroatoms. The van der Waals surface area contributed by atoms with Crippen LogP contribution in [0.15, 0.2) is 30.3 Å². The van der Waals surface area contributed by atoms with E-state index in [0.717, 1.165) is 0 Å². The molecule has 1 aromatic carbocycles. The Balaban J connectivity index is 2.56. The molecule has 0 amide bonds. The summed E-state index contributed by atoms with van der Waals surface area (Å²) in [4.78, 5) is 0. The molecule has 14 heavy (non-hydrogen) atoms. The van der Waals surface area contributed by atoms with Crippen molar-refractivity contribution in [2.75, 3.05) is 19.5 Å². The summed E-state index contributed by atoms with van der Waals surface area (Å²) in [6.07, 6.45) is 5.57. The van der Waals surface area contributed by atoms with E-state index in [1.165, 1.54) is 25.4 Å². The van der Waals surface area contributed by atoms with Crippen molar-refractivity contribution in [1.29, 1.82) is 0 Å². The molecule has 0 aliphatic carbocycles. The first-order valence-electron chi connectivity index (χ1n) is 5.72. The van der Waals surface area contributed by atoms with Crippen LogP contribution in [0, 0.1) is 0 Å². The summed E-state index contributed by atoms with van der Waals surface area (Å²) < 4.78 is 0. The van der Waals surface area contributed by atoms with Crippen LogP contribution in [0.2, 0.25) is 0 Å². The zero-order valence-corrected chi connectivity index (χ0v) is 10.7. The molecule has 1 aromatic rings. The van der Waals surface area contributed by atoms with Crippen molar-refractivity contribution in [3.8, 4) is 0 Å². The van der Waals surface area contributed by atoms with E-state index >= 15 is 0 Å². The predicted molar refractivity (Wildman–Crippen MR) is 70.6 cm³/mol. The van der Waals surface area contributed by atoms with Gasteiger partial charge in [-0.1, -0.05) is 0 Å². The molecule has 0 aliphatic heterocycles. The Morgan fingerprint density at radius 1 is 1.00 bits per heavy atom. The van der Waals surface area contributed by atoms with Crippen LogP contribution < -0.4 is 5.30 Å². The van der Waals surface area contributed by atoms with E-state index in [1.807, 2.05) is 0 Å². The van der Waals surface area contributed by atoms with E-state index in [-0.39, 0.29) is 0 Å². The topological polar surface area (TPSA) is 0 Å². The van der Waals surface area contributed by atoms with E-state index in [2.05, 4.69) is 50.6 Å². The fraction of sp³-hybridized carbons (Fsp3) is 0.538. The molecule has 0 heterocycles. The van der Waals surface area contributed by atoms with Crippen LogP contribution in [-0.2, 0) is 0 Å². The van der Waals surface area contributed by atoms with Crippen LogP contribution in [-0.4, -0.2) is 19.5 Å². The van der Waals surface area contributed by atoms with Gasteiger partial charge < -0.3 is 0 Å². The van der Waals surface area contributed by atoms with Gasteiger partial charge in [0.05, 0.1) is 0 Å². The zero-order valence-electron chi connectivity index (χ0n) is 9.72. The molecule has 0 radical (unpaired) electrons. The summed E-state index contributed by atoms with van der Waals surface area (Å²) >= 11 is 0. The van der Waals surface area contributed by atoms with Gasteiger partial charge in [-0.05, 0) is 0 Å². The van der Waals surface area contributed by atoms with E-state index in [9.17, 15) is 0 Å². The fourth-order valence-electron chi connectivity index (χ4n) is 1.85. The van der Waals surface area contributed by atoms with E-state index in [1.54, 1.807) is 5.30 Å². The van der Waals surface area contributed by atoms with Crippen LogP contribution in [0.1, 0.15) is 26.2 Å². The van der Waals surface area contributed by atoms with Crippen molar-refractivity contribution in [3.63, 3.8) is 0 Å². The van der Waals surface area contributed by atoms with E-state index in [0.29, 0.717) is 0 Å². The molecular weight excluding hydrogens is 187 g/mol. The molecule has 0 saturated heterocycles. The minimum atomic E-state index is -1.12. The normalized spacial score (nSPS) is 12.8. The number of unbranched alkanes of at least 4 members (excludes halogenated alkanes) is 2. The second kappa shape index (κ2) is 5.51. The van der Waals surface area contributed by atoms with Gasteiger partial charge in [0.1, 0.15) is 0 Å². The van der Waals surface area contributed by atoms with Gasteiger partial charge in [-0.25, -0.2) is 0 Å². The van der Waals surface area contributed by atoms with Gasteiger partial charge in [0.15, 0.2) is 0 Å². The van der Waals surface area contributed by atoms with Gasteiger partial charge in [-0.3, -0.25) is 0 Å². The molecule has 0 aromatic heterocycles. The maximum atomic E-state index is 2.48. The molecule has 1 rings (SSSR count). The average Bonchev–Trinajstić information content (AvgIpc) is 2.19. The van der Waals surface area contributed by atoms with Crippen LogP contribution in [0.25, 0.3) is 0 Å². The zero-order chi connectivity index (χ0) is 10.4. The first-order valence-corrected chi connectivity index (χ1v) is 8.93. The Morgan fingerprint density at radius 3 is 2.21 bits per heavy atom. The van der Waals surface area contributed by atoms with Gasteiger partial charge >= 0.3 is 88.6 Å². The fourth-order valence-corrected chi connectivity index (χ4v) is 4.37. The Hall–Kier alpha value is -0.350. The Morgan fingerprint density at radius 2 is 1.64 bits per heavy atom. The van der Waals surface area contributed by atoms with Crippen LogP contribution >= 0.6 is 7.26 Å². The minimum absolute atomic E-state index is 1.12. The van der Waals surface area contributed by atoms with Crippen LogP contribution in [0.3, 0.4) is 0 Å². The third-order valence-corrected chi connectivity index (χ3v) is 6.46. The molecule has 0 aliphatic rings.